The Morgan fingerprint density at radius 1 is 1.25 bits per heavy atom. The van der Waals surface area contributed by atoms with E-state index < -0.39 is 10.0 Å². The van der Waals surface area contributed by atoms with Crippen LogP contribution in [0, 0.1) is 6.92 Å². The van der Waals surface area contributed by atoms with Gasteiger partial charge in [-0.15, -0.1) is 0 Å². The van der Waals surface area contributed by atoms with Gasteiger partial charge in [0.2, 0.25) is 10.0 Å². The minimum atomic E-state index is -3.67. The monoisotopic (exact) mass is 405 g/mol. The van der Waals surface area contributed by atoms with Crippen molar-refractivity contribution in [2.45, 2.75) is 57.6 Å². The van der Waals surface area contributed by atoms with Crippen LogP contribution >= 0.6 is 0 Å². The Bertz CT molecular complexity index is 952. The highest BCUT2D eigenvalue weighted by molar-refractivity contribution is 7.89. The fraction of sp³-hybridized carbons (Fsp3) is 0.450. The van der Waals surface area contributed by atoms with Gasteiger partial charge in [-0.05, 0) is 62.1 Å². The normalized spacial score (nSPS) is 15.2. The van der Waals surface area contributed by atoms with Crippen molar-refractivity contribution in [1.29, 1.82) is 0 Å². The molecule has 28 heavy (non-hydrogen) atoms. The van der Waals surface area contributed by atoms with Crippen LogP contribution in [0.2, 0.25) is 0 Å². The van der Waals surface area contributed by atoms with Gasteiger partial charge in [-0.1, -0.05) is 13.0 Å². The third kappa shape index (κ3) is 4.74. The predicted molar refractivity (Wildman–Crippen MR) is 106 cm³/mol. The molecule has 0 spiro atoms. The van der Waals surface area contributed by atoms with E-state index in [-0.39, 0.29) is 23.5 Å². The number of hydrogen-bond donors (Lipinski definition) is 2. The number of sulfonamides is 1. The number of carbonyl (C=O) groups is 1. The maximum atomic E-state index is 12.7. The van der Waals surface area contributed by atoms with Crippen molar-refractivity contribution in [3.05, 3.63) is 53.0 Å². The molecule has 0 saturated carbocycles. The molecule has 1 unspecified atom stereocenters. The van der Waals surface area contributed by atoms with Gasteiger partial charge in [-0.3, -0.25) is 0 Å². The number of benzene rings is 1. The lowest BCUT2D eigenvalue weighted by Crippen LogP contribution is -2.45. The molecular formula is C20H27N3O4S. The molecule has 2 N–H and O–H groups in total. The van der Waals surface area contributed by atoms with E-state index in [1.54, 1.807) is 29.2 Å². The first-order valence-electron chi connectivity index (χ1n) is 9.50. The van der Waals surface area contributed by atoms with Crippen molar-refractivity contribution in [2.75, 3.05) is 6.54 Å². The third-order valence-corrected chi connectivity index (χ3v) is 6.40. The minimum Gasteiger partial charge on any atom is -0.465 e. The Kier molecular flexibility index (Phi) is 6.10. The van der Waals surface area contributed by atoms with Gasteiger partial charge in [0.15, 0.2) is 0 Å². The first-order chi connectivity index (χ1) is 13.3. The summed E-state index contributed by atoms with van der Waals surface area (Å²) in [5.74, 6) is 1.30. The number of amides is 2. The standard InChI is InChI=1S/C20H27N3O4S/c1-4-14(2)22-20(24)23-10-9-16-6-8-19(11-17(16)13-23)28(25,26)21-12-18-7-5-15(3)27-18/h5-8,11,14,21H,4,9-10,12-13H2,1-3H3,(H,22,24). The molecule has 0 saturated heterocycles. The summed E-state index contributed by atoms with van der Waals surface area (Å²) in [6, 6.07) is 8.65. The minimum absolute atomic E-state index is 0.0939. The summed E-state index contributed by atoms with van der Waals surface area (Å²) in [6.07, 6.45) is 1.57. The molecule has 0 aliphatic carbocycles. The molecule has 2 amide bonds. The highest BCUT2D eigenvalue weighted by atomic mass is 32.2. The summed E-state index contributed by atoms with van der Waals surface area (Å²) in [5, 5.41) is 2.96. The second-order valence-electron chi connectivity index (χ2n) is 7.20. The summed E-state index contributed by atoms with van der Waals surface area (Å²) < 4.78 is 33.3. The molecule has 8 heteroatoms. The Labute approximate surface area is 166 Å². The molecule has 0 radical (unpaired) electrons. The average molecular weight is 406 g/mol. The zero-order valence-electron chi connectivity index (χ0n) is 16.5. The molecule has 2 aromatic rings. The van der Waals surface area contributed by atoms with Gasteiger partial charge in [-0.25, -0.2) is 17.9 Å². The summed E-state index contributed by atoms with van der Waals surface area (Å²) in [7, 11) is -3.67. The number of urea groups is 1. The number of aryl methyl sites for hydroxylation is 1. The second-order valence-corrected chi connectivity index (χ2v) is 8.96. The molecule has 1 aliphatic rings. The van der Waals surface area contributed by atoms with Gasteiger partial charge in [0.05, 0.1) is 11.4 Å². The largest absolute Gasteiger partial charge is 0.465 e. The van der Waals surface area contributed by atoms with Gasteiger partial charge >= 0.3 is 6.03 Å². The summed E-state index contributed by atoms with van der Waals surface area (Å²) in [6.45, 7) is 6.91. The number of hydrogen-bond acceptors (Lipinski definition) is 4. The van der Waals surface area contributed by atoms with Crippen LogP contribution in [-0.4, -0.2) is 31.9 Å². The smallest absolute Gasteiger partial charge is 0.317 e. The molecule has 3 rings (SSSR count). The fourth-order valence-corrected chi connectivity index (χ4v) is 4.15. The zero-order valence-corrected chi connectivity index (χ0v) is 17.3. The summed E-state index contributed by atoms with van der Waals surface area (Å²) in [5.41, 5.74) is 1.94. The Balaban J connectivity index is 1.71. The zero-order chi connectivity index (χ0) is 20.3. The summed E-state index contributed by atoms with van der Waals surface area (Å²) in [4.78, 5) is 14.3. The van der Waals surface area contributed by atoms with Crippen molar-refractivity contribution in [2.24, 2.45) is 0 Å². The number of fused-ring (bicyclic) bond motifs is 1. The lowest BCUT2D eigenvalue weighted by Gasteiger charge is -2.30. The first-order valence-corrected chi connectivity index (χ1v) is 11.0. The van der Waals surface area contributed by atoms with Gasteiger partial charge in [0, 0.05) is 19.1 Å². The Morgan fingerprint density at radius 2 is 2.04 bits per heavy atom. The lowest BCUT2D eigenvalue weighted by molar-refractivity contribution is 0.188. The number of nitrogens with one attached hydrogen (secondary N) is 2. The molecule has 7 nitrogen and oxygen atoms in total. The van der Waals surface area contributed by atoms with Crippen LogP contribution in [-0.2, 0) is 29.5 Å². The predicted octanol–water partition coefficient (Wildman–Crippen LogP) is 2.93. The van der Waals surface area contributed by atoms with E-state index in [0.717, 1.165) is 23.3 Å². The van der Waals surface area contributed by atoms with E-state index in [9.17, 15) is 13.2 Å². The van der Waals surface area contributed by atoms with Crippen LogP contribution < -0.4 is 10.0 Å². The van der Waals surface area contributed by atoms with Crippen LogP contribution in [0.15, 0.2) is 39.6 Å². The van der Waals surface area contributed by atoms with Gasteiger partial charge < -0.3 is 14.6 Å². The first kappa shape index (κ1) is 20.4. The third-order valence-electron chi connectivity index (χ3n) is 5.00. The highest BCUT2D eigenvalue weighted by Crippen LogP contribution is 2.23. The lowest BCUT2D eigenvalue weighted by atomic mass is 10.0. The molecule has 0 fully saturated rings. The average Bonchev–Trinajstić information content (AvgIpc) is 3.10. The van der Waals surface area contributed by atoms with Crippen LogP contribution in [0.5, 0.6) is 0 Å². The van der Waals surface area contributed by atoms with Crippen LogP contribution in [0.3, 0.4) is 0 Å². The number of nitrogens with zero attached hydrogens (tertiary/aromatic N) is 1. The molecule has 1 aliphatic heterocycles. The molecule has 152 valence electrons. The number of carbonyl (C=O) groups excluding carboxylic acids is 1. The molecule has 0 bridgehead atoms. The topological polar surface area (TPSA) is 91.7 Å². The van der Waals surface area contributed by atoms with E-state index in [1.807, 2.05) is 26.8 Å². The summed E-state index contributed by atoms with van der Waals surface area (Å²) >= 11 is 0. The quantitative estimate of drug-likeness (QED) is 0.773. The van der Waals surface area contributed by atoms with E-state index in [1.165, 1.54) is 0 Å². The van der Waals surface area contributed by atoms with Crippen molar-refractivity contribution in [3.63, 3.8) is 0 Å². The molecule has 1 aromatic carbocycles. The number of furan rings is 1. The molecular weight excluding hydrogens is 378 g/mol. The van der Waals surface area contributed by atoms with Gasteiger partial charge in [-0.2, -0.15) is 0 Å². The van der Waals surface area contributed by atoms with E-state index in [0.29, 0.717) is 25.3 Å². The molecule has 1 aromatic heterocycles. The molecule has 2 heterocycles. The van der Waals surface area contributed by atoms with Crippen molar-refractivity contribution in [1.82, 2.24) is 14.9 Å². The van der Waals surface area contributed by atoms with Crippen molar-refractivity contribution < 1.29 is 17.6 Å². The van der Waals surface area contributed by atoms with E-state index in [2.05, 4.69) is 10.0 Å². The van der Waals surface area contributed by atoms with Crippen LogP contribution in [0.1, 0.15) is 42.9 Å². The fourth-order valence-electron chi connectivity index (χ4n) is 3.11. The number of rotatable bonds is 6. The van der Waals surface area contributed by atoms with Crippen LogP contribution in [0.4, 0.5) is 4.79 Å². The maximum absolute atomic E-state index is 12.7. The maximum Gasteiger partial charge on any atom is 0.317 e. The van der Waals surface area contributed by atoms with Crippen molar-refractivity contribution in [3.8, 4) is 0 Å². The highest BCUT2D eigenvalue weighted by Gasteiger charge is 2.24. The second kappa shape index (κ2) is 8.36. The van der Waals surface area contributed by atoms with E-state index >= 15 is 0 Å². The van der Waals surface area contributed by atoms with E-state index in [4.69, 9.17) is 4.42 Å². The Hall–Kier alpha value is -2.32. The Morgan fingerprint density at radius 3 is 2.71 bits per heavy atom. The van der Waals surface area contributed by atoms with Crippen LogP contribution in [0.25, 0.3) is 0 Å². The van der Waals surface area contributed by atoms with Crippen molar-refractivity contribution >= 4 is 16.1 Å². The van der Waals surface area contributed by atoms with Gasteiger partial charge in [0.25, 0.3) is 0 Å². The molecule has 1 atom stereocenters. The SMILES string of the molecule is CCC(C)NC(=O)N1CCc2ccc(S(=O)(=O)NCc3ccc(C)o3)cc2C1. The van der Waals surface area contributed by atoms with Gasteiger partial charge in [0.1, 0.15) is 11.5 Å².